The van der Waals surface area contributed by atoms with Gasteiger partial charge in [0, 0.05) is 9.37 Å². The van der Waals surface area contributed by atoms with Crippen LogP contribution in [0.1, 0.15) is 10.8 Å². The molecule has 2 rings (SSSR count). The molecule has 6 heteroatoms. The zero-order valence-electron chi connectivity index (χ0n) is 12.7. The number of aliphatic hydroxyl groups is 1. The summed E-state index contributed by atoms with van der Waals surface area (Å²) < 4.78 is 10.7. The third-order valence-corrected chi connectivity index (χ3v) is 5.61. The van der Waals surface area contributed by atoms with E-state index in [-0.39, 0.29) is 0 Å². The molecule has 0 aliphatic carbocycles. The third-order valence-electron chi connectivity index (χ3n) is 3.26. The highest BCUT2D eigenvalue weighted by atomic mass is 79.9. The second-order valence-corrected chi connectivity index (χ2v) is 6.75. The Balaban J connectivity index is 2.34. The Morgan fingerprint density at radius 2 is 1.78 bits per heavy atom. The number of thioether (sulfide) groups is 1. The molecule has 0 heterocycles. The van der Waals surface area contributed by atoms with Crippen LogP contribution in [0.3, 0.4) is 0 Å². The highest BCUT2D eigenvalue weighted by Crippen LogP contribution is 2.41. The number of halogens is 1. The molecule has 0 spiro atoms. The number of rotatable bonds is 6. The molecule has 122 valence electrons. The number of carbonyl (C=O) groups is 1. The van der Waals surface area contributed by atoms with Gasteiger partial charge < -0.3 is 14.6 Å². The number of hydrogen-bond donors (Lipinski definition) is 1. The monoisotopic (exact) mass is 396 g/mol. The first-order valence-corrected chi connectivity index (χ1v) is 8.55. The molecule has 0 aliphatic heterocycles. The van der Waals surface area contributed by atoms with E-state index in [4.69, 9.17) is 4.74 Å². The van der Waals surface area contributed by atoms with Crippen LogP contribution in [0.15, 0.2) is 57.9 Å². The van der Waals surface area contributed by atoms with Gasteiger partial charge in [-0.25, -0.2) is 4.79 Å². The number of methoxy groups -OCH3 is 2. The summed E-state index contributed by atoms with van der Waals surface area (Å²) in [5.41, 5.74) is 0.810. The molecule has 0 aliphatic rings. The van der Waals surface area contributed by atoms with Gasteiger partial charge in [0.2, 0.25) is 0 Å². The second kappa shape index (κ2) is 8.38. The maximum absolute atomic E-state index is 11.8. The van der Waals surface area contributed by atoms with Crippen molar-refractivity contribution in [3.63, 3.8) is 0 Å². The molecule has 2 aromatic carbocycles. The predicted octanol–water partition coefficient (Wildman–Crippen LogP) is 3.83. The summed E-state index contributed by atoms with van der Waals surface area (Å²) >= 11 is 4.88. The molecule has 4 nitrogen and oxygen atoms in total. The third kappa shape index (κ3) is 4.50. The molecule has 0 radical (unpaired) electrons. The van der Waals surface area contributed by atoms with Gasteiger partial charge in [0.05, 0.1) is 19.5 Å². The average Bonchev–Trinajstić information content (AvgIpc) is 2.60. The molecular formula is C17H17BrO4S. The maximum Gasteiger partial charge on any atom is 0.336 e. The minimum Gasteiger partial charge on any atom is -0.497 e. The molecule has 0 amide bonds. The Morgan fingerprint density at radius 1 is 1.13 bits per heavy atom. The van der Waals surface area contributed by atoms with Gasteiger partial charge in [0.1, 0.15) is 5.75 Å². The Morgan fingerprint density at radius 3 is 2.35 bits per heavy atom. The summed E-state index contributed by atoms with van der Waals surface area (Å²) in [4.78, 5) is 12.7. The van der Waals surface area contributed by atoms with Crippen molar-refractivity contribution >= 4 is 33.7 Å². The summed E-state index contributed by atoms with van der Waals surface area (Å²) in [7, 11) is 2.85. The van der Waals surface area contributed by atoms with Crippen molar-refractivity contribution in [3.05, 3.63) is 58.6 Å². The highest BCUT2D eigenvalue weighted by Gasteiger charge is 2.30. The first-order chi connectivity index (χ1) is 11.1. The lowest BCUT2D eigenvalue weighted by molar-refractivity contribution is -0.150. The van der Waals surface area contributed by atoms with Crippen molar-refractivity contribution in [3.8, 4) is 5.75 Å². The Kier molecular flexibility index (Phi) is 6.50. The van der Waals surface area contributed by atoms with Gasteiger partial charge in [-0.2, -0.15) is 0 Å². The molecule has 0 saturated carbocycles. The van der Waals surface area contributed by atoms with E-state index in [0.717, 1.165) is 14.9 Å². The van der Waals surface area contributed by atoms with Crippen LogP contribution in [0.4, 0.5) is 0 Å². The van der Waals surface area contributed by atoms with Gasteiger partial charge in [0.25, 0.3) is 0 Å². The molecular weight excluding hydrogens is 380 g/mol. The smallest absolute Gasteiger partial charge is 0.336 e. The highest BCUT2D eigenvalue weighted by molar-refractivity contribution is 9.10. The standard InChI is InChI=1S/C17H17BrO4S/c1-21-12-9-7-11(8-10-12)16(15(19)17(20)22-2)23-14-6-4-3-5-13(14)18/h3-10,15-16,19H,1-2H3/t15-,16+/m1/s1. The molecule has 0 bridgehead atoms. The first kappa shape index (κ1) is 17.8. The Hall–Kier alpha value is -1.50. The van der Waals surface area contributed by atoms with Crippen molar-refractivity contribution < 1.29 is 19.4 Å². The van der Waals surface area contributed by atoms with E-state index >= 15 is 0 Å². The first-order valence-electron chi connectivity index (χ1n) is 6.88. The largest absolute Gasteiger partial charge is 0.497 e. The quantitative estimate of drug-likeness (QED) is 0.593. The lowest BCUT2D eigenvalue weighted by atomic mass is 10.1. The van der Waals surface area contributed by atoms with Crippen LogP contribution in [0.5, 0.6) is 5.75 Å². The summed E-state index contributed by atoms with van der Waals surface area (Å²) in [5, 5.41) is 9.87. The van der Waals surface area contributed by atoms with Crippen LogP contribution < -0.4 is 4.74 Å². The molecule has 0 aromatic heterocycles. The summed E-state index contributed by atoms with van der Waals surface area (Å²) in [6, 6.07) is 14.9. The van der Waals surface area contributed by atoms with Gasteiger partial charge in [-0.05, 0) is 45.8 Å². The number of aliphatic hydroxyl groups excluding tert-OH is 1. The van der Waals surface area contributed by atoms with E-state index in [0.29, 0.717) is 5.75 Å². The molecule has 0 saturated heterocycles. The Labute approximate surface area is 147 Å². The molecule has 0 fully saturated rings. The van der Waals surface area contributed by atoms with Crippen LogP contribution in [0.25, 0.3) is 0 Å². The van der Waals surface area contributed by atoms with E-state index in [1.807, 2.05) is 36.4 Å². The van der Waals surface area contributed by atoms with E-state index in [1.54, 1.807) is 19.2 Å². The van der Waals surface area contributed by atoms with Crippen LogP contribution in [0, 0.1) is 0 Å². The molecule has 23 heavy (non-hydrogen) atoms. The number of carbonyl (C=O) groups excluding carboxylic acids is 1. The molecule has 2 aromatic rings. The van der Waals surface area contributed by atoms with E-state index < -0.39 is 17.3 Å². The van der Waals surface area contributed by atoms with E-state index in [2.05, 4.69) is 20.7 Å². The molecule has 0 unspecified atom stereocenters. The van der Waals surface area contributed by atoms with Gasteiger partial charge in [-0.15, -0.1) is 11.8 Å². The average molecular weight is 397 g/mol. The van der Waals surface area contributed by atoms with E-state index in [1.165, 1.54) is 18.9 Å². The minimum atomic E-state index is -1.27. The van der Waals surface area contributed by atoms with Crippen molar-refractivity contribution in [2.45, 2.75) is 16.2 Å². The number of ether oxygens (including phenoxy) is 2. The molecule has 1 N–H and O–H groups in total. The van der Waals surface area contributed by atoms with Gasteiger partial charge in [-0.3, -0.25) is 0 Å². The van der Waals surface area contributed by atoms with Crippen LogP contribution >= 0.6 is 27.7 Å². The summed E-state index contributed by atoms with van der Waals surface area (Å²) in [5.74, 6) is 0.0521. The fourth-order valence-corrected chi connectivity index (χ4v) is 3.74. The van der Waals surface area contributed by atoms with Crippen LogP contribution in [0.2, 0.25) is 0 Å². The number of hydrogen-bond acceptors (Lipinski definition) is 5. The normalized spacial score (nSPS) is 13.2. The lowest BCUT2D eigenvalue weighted by Crippen LogP contribution is -2.27. The number of esters is 1. The minimum absolute atomic E-state index is 0.493. The second-order valence-electron chi connectivity index (χ2n) is 4.71. The van der Waals surface area contributed by atoms with Gasteiger partial charge in [0.15, 0.2) is 6.10 Å². The predicted molar refractivity (Wildman–Crippen MR) is 93.8 cm³/mol. The zero-order chi connectivity index (χ0) is 16.8. The van der Waals surface area contributed by atoms with E-state index in [9.17, 15) is 9.90 Å². The fourth-order valence-electron chi connectivity index (χ4n) is 2.03. The van der Waals surface area contributed by atoms with Crippen molar-refractivity contribution in [1.29, 1.82) is 0 Å². The lowest BCUT2D eigenvalue weighted by Gasteiger charge is -2.22. The van der Waals surface area contributed by atoms with Crippen molar-refractivity contribution in [1.82, 2.24) is 0 Å². The maximum atomic E-state index is 11.8. The molecule has 2 atom stereocenters. The zero-order valence-corrected chi connectivity index (χ0v) is 15.1. The van der Waals surface area contributed by atoms with Gasteiger partial charge in [-0.1, -0.05) is 24.3 Å². The van der Waals surface area contributed by atoms with Crippen LogP contribution in [-0.4, -0.2) is 31.4 Å². The van der Waals surface area contributed by atoms with Crippen molar-refractivity contribution in [2.24, 2.45) is 0 Å². The SMILES string of the molecule is COC(=O)[C@H](O)[C@@H](Sc1ccccc1Br)c1ccc(OC)cc1. The Bertz CT molecular complexity index is 660. The van der Waals surface area contributed by atoms with Crippen LogP contribution in [-0.2, 0) is 9.53 Å². The number of benzene rings is 2. The fraction of sp³-hybridized carbons (Fsp3) is 0.235. The topological polar surface area (TPSA) is 55.8 Å². The van der Waals surface area contributed by atoms with Gasteiger partial charge >= 0.3 is 5.97 Å². The summed E-state index contributed by atoms with van der Waals surface area (Å²) in [6.45, 7) is 0. The summed E-state index contributed by atoms with van der Waals surface area (Å²) in [6.07, 6.45) is -1.27. The van der Waals surface area contributed by atoms with Crippen molar-refractivity contribution in [2.75, 3.05) is 14.2 Å².